The van der Waals surface area contributed by atoms with E-state index >= 15 is 0 Å². The second-order valence-corrected chi connectivity index (χ2v) is 3.17. The zero-order valence-corrected chi connectivity index (χ0v) is 9.38. The minimum absolute atomic E-state index is 0. The van der Waals surface area contributed by atoms with Gasteiger partial charge in [0.2, 0.25) is 5.52 Å². The molecule has 1 nitrogen and oxygen atoms in total. The molecule has 0 atom stereocenters. The molecule has 2 heterocycles. The number of aryl methyl sites for hydroxylation is 2. The number of rotatable bonds is 0. The zero-order valence-electron chi connectivity index (χ0n) is 7.79. The molecule has 0 radical (unpaired) electrons. The highest BCUT2D eigenvalue weighted by molar-refractivity contribution is 5.42. The van der Waals surface area contributed by atoms with E-state index in [2.05, 4.69) is 48.8 Å². The van der Waals surface area contributed by atoms with Crippen molar-refractivity contribution < 1.29 is 21.4 Å². The van der Waals surface area contributed by atoms with Crippen molar-refractivity contribution in [2.24, 2.45) is 0 Å². The molecule has 2 aromatic heterocycles. The molecule has 2 aromatic rings. The number of halogens is 1. The minimum atomic E-state index is 0. The van der Waals surface area contributed by atoms with E-state index in [4.69, 9.17) is 0 Å². The van der Waals surface area contributed by atoms with Gasteiger partial charge in [-0.2, -0.15) is 4.40 Å². The first-order valence-electron chi connectivity index (χ1n) is 4.14. The molecular formula is C11H12BrN. The van der Waals surface area contributed by atoms with Crippen LogP contribution in [0, 0.1) is 13.8 Å². The van der Waals surface area contributed by atoms with Crippen molar-refractivity contribution in [1.82, 2.24) is 0 Å². The molecule has 0 saturated heterocycles. The lowest BCUT2D eigenvalue weighted by Crippen LogP contribution is -3.00. The van der Waals surface area contributed by atoms with Gasteiger partial charge in [0, 0.05) is 23.8 Å². The van der Waals surface area contributed by atoms with Gasteiger partial charge in [0.15, 0.2) is 12.4 Å². The molecule has 2 heteroatoms. The number of hydrogen-bond donors (Lipinski definition) is 0. The Morgan fingerprint density at radius 2 is 1.85 bits per heavy atom. The van der Waals surface area contributed by atoms with Crippen LogP contribution < -0.4 is 21.4 Å². The molecule has 0 aliphatic carbocycles. The molecule has 13 heavy (non-hydrogen) atoms. The van der Waals surface area contributed by atoms with Crippen molar-refractivity contribution >= 4 is 5.52 Å². The quantitative estimate of drug-likeness (QED) is 0.521. The third-order valence-electron chi connectivity index (χ3n) is 2.24. The van der Waals surface area contributed by atoms with Gasteiger partial charge in [-0.25, -0.2) is 0 Å². The van der Waals surface area contributed by atoms with Gasteiger partial charge in [0.05, 0.1) is 0 Å². The van der Waals surface area contributed by atoms with Crippen LogP contribution in [0.3, 0.4) is 0 Å². The Bertz CT molecular complexity index is 383. The summed E-state index contributed by atoms with van der Waals surface area (Å²) >= 11 is 0. The van der Waals surface area contributed by atoms with E-state index in [0.29, 0.717) is 0 Å². The molecule has 0 aromatic carbocycles. The number of aromatic nitrogens is 1. The van der Waals surface area contributed by atoms with Crippen LogP contribution in [0.5, 0.6) is 0 Å². The number of pyridine rings is 2. The molecule has 0 unspecified atom stereocenters. The van der Waals surface area contributed by atoms with Crippen molar-refractivity contribution in [1.29, 1.82) is 0 Å². The Kier molecular flexibility index (Phi) is 3.04. The number of nitrogens with zero attached hydrogens (tertiary/aromatic N) is 1. The van der Waals surface area contributed by atoms with Gasteiger partial charge in [-0.05, 0) is 25.5 Å². The summed E-state index contributed by atoms with van der Waals surface area (Å²) in [4.78, 5) is 0. The van der Waals surface area contributed by atoms with Crippen molar-refractivity contribution in [3.05, 3.63) is 47.8 Å². The van der Waals surface area contributed by atoms with Gasteiger partial charge in [-0.1, -0.05) is 0 Å². The van der Waals surface area contributed by atoms with Gasteiger partial charge in [-0.15, -0.1) is 0 Å². The first-order valence-corrected chi connectivity index (χ1v) is 4.14. The predicted octanol–water partition coefficient (Wildman–Crippen LogP) is -0.954. The van der Waals surface area contributed by atoms with Crippen LogP contribution in [0.15, 0.2) is 36.7 Å². The fourth-order valence-electron chi connectivity index (χ4n) is 1.36. The highest BCUT2D eigenvalue weighted by atomic mass is 79.9. The molecule has 0 spiro atoms. The normalized spacial score (nSPS) is 9.69. The maximum Gasteiger partial charge on any atom is 0.210 e. The third-order valence-corrected chi connectivity index (χ3v) is 2.24. The molecule has 0 amide bonds. The Hall–Kier alpha value is -0.890. The lowest BCUT2D eigenvalue weighted by atomic mass is 10.1. The second kappa shape index (κ2) is 3.88. The molecule has 0 aliphatic heterocycles. The molecule has 0 fully saturated rings. The van der Waals surface area contributed by atoms with Gasteiger partial charge in [0.1, 0.15) is 0 Å². The van der Waals surface area contributed by atoms with E-state index in [9.17, 15) is 0 Å². The van der Waals surface area contributed by atoms with Gasteiger partial charge >= 0.3 is 0 Å². The van der Waals surface area contributed by atoms with E-state index in [1.165, 1.54) is 16.6 Å². The molecule has 2 rings (SSSR count). The summed E-state index contributed by atoms with van der Waals surface area (Å²) in [6, 6.07) is 8.42. The van der Waals surface area contributed by atoms with Crippen LogP contribution >= 0.6 is 0 Å². The summed E-state index contributed by atoms with van der Waals surface area (Å²) < 4.78 is 2.14. The first kappa shape index (κ1) is 10.2. The predicted molar refractivity (Wildman–Crippen MR) is 49.1 cm³/mol. The highest BCUT2D eigenvalue weighted by Gasteiger charge is 2.02. The van der Waals surface area contributed by atoms with E-state index in [-0.39, 0.29) is 17.0 Å². The maximum atomic E-state index is 2.20. The molecule has 0 bridgehead atoms. The Morgan fingerprint density at radius 1 is 1.08 bits per heavy atom. The SMILES string of the molecule is Cc1cc2cccc[n+]2cc1C.[Br-]. The second-order valence-electron chi connectivity index (χ2n) is 3.17. The van der Waals surface area contributed by atoms with Crippen LogP contribution in [-0.2, 0) is 0 Å². The summed E-state index contributed by atoms with van der Waals surface area (Å²) in [5, 5.41) is 0. The number of fused-ring (bicyclic) bond motifs is 1. The van der Waals surface area contributed by atoms with Crippen LogP contribution in [0.1, 0.15) is 11.1 Å². The lowest BCUT2D eigenvalue weighted by Gasteiger charge is -1.96. The van der Waals surface area contributed by atoms with E-state index in [1.54, 1.807) is 0 Å². The summed E-state index contributed by atoms with van der Waals surface area (Å²) in [7, 11) is 0. The van der Waals surface area contributed by atoms with E-state index in [0.717, 1.165) is 0 Å². The van der Waals surface area contributed by atoms with E-state index < -0.39 is 0 Å². The van der Waals surface area contributed by atoms with E-state index in [1.807, 2.05) is 6.07 Å². The zero-order chi connectivity index (χ0) is 8.55. The average Bonchev–Trinajstić information content (AvgIpc) is 2.07. The van der Waals surface area contributed by atoms with Gasteiger partial charge in [-0.3, -0.25) is 0 Å². The molecule has 0 aliphatic rings. The smallest absolute Gasteiger partial charge is 0.210 e. The molecule has 68 valence electrons. The third kappa shape index (κ3) is 1.89. The topological polar surface area (TPSA) is 4.10 Å². The first-order chi connectivity index (χ1) is 5.77. The summed E-state index contributed by atoms with van der Waals surface area (Å²) in [5.74, 6) is 0. The minimum Gasteiger partial charge on any atom is -1.00 e. The standard InChI is InChI=1S/C11H12N.BrH/c1-9-7-11-5-3-4-6-12(11)8-10(9)2;/h3-8H,1-2H3;1H/q+1;/p-1. The Balaban J connectivity index is 0.000000845. The highest BCUT2D eigenvalue weighted by Crippen LogP contribution is 2.05. The maximum absolute atomic E-state index is 2.20. The summed E-state index contributed by atoms with van der Waals surface area (Å²) in [6.07, 6.45) is 4.23. The molecular weight excluding hydrogens is 226 g/mol. The lowest BCUT2D eigenvalue weighted by molar-refractivity contribution is -0.512. The van der Waals surface area contributed by atoms with Crippen molar-refractivity contribution in [2.45, 2.75) is 13.8 Å². The fourth-order valence-corrected chi connectivity index (χ4v) is 1.36. The Morgan fingerprint density at radius 3 is 2.62 bits per heavy atom. The van der Waals surface area contributed by atoms with Gasteiger partial charge < -0.3 is 17.0 Å². The van der Waals surface area contributed by atoms with Crippen molar-refractivity contribution in [2.75, 3.05) is 0 Å². The number of hydrogen-bond acceptors (Lipinski definition) is 0. The Labute approximate surface area is 88.8 Å². The van der Waals surface area contributed by atoms with Crippen LogP contribution in [0.4, 0.5) is 0 Å². The molecule has 0 N–H and O–H groups in total. The monoisotopic (exact) mass is 237 g/mol. The summed E-state index contributed by atoms with van der Waals surface area (Å²) in [6.45, 7) is 4.27. The van der Waals surface area contributed by atoms with Crippen molar-refractivity contribution in [3.63, 3.8) is 0 Å². The molecule has 0 saturated carbocycles. The van der Waals surface area contributed by atoms with Crippen LogP contribution in [0.2, 0.25) is 0 Å². The van der Waals surface area contributed by atoms with Crippen LogP contribution in [0.25, 0.3) is 5.52 Å². The van der Waals surface area contributed by atoms with Gasteiger partial charge in [0.25, 0.3) is 0 Å². The average molecular weight is 238 g/mol. The van der Waals surface area contributed by atoms with Crippen molar-refractivity contribution in [3.8, 4) is 0 Å². The van der Waals surface area contributed by atoms with Crippen LogP contribution in [-0.4, -0.2) is 0 Å². The summed E-state index contributed by atoms with van der Waals surface area (Å²) in [5.41, 5.74) is 3.93. The largest absolute Gasteiger partial charge is 1.00 e. The fraction of sp³-hybridized carbons (Fsp3) is 0.182.